The number of benzene rings is 2. The molecule has 1 nitrogen and oxygen atoms in total. The minimum atomic E-state index is -0.234. The van der Waals surface area contributed by atoms with Crippen molar-refractivity contribution in [1.82, 2.24) is 0 Å². The molecule has 0 radical (unpaired) electrons. The molecule has 0 aromatic heterocycles. The molecule has 0 bridgehead atoms. The molecule has 3 heteroatoms. The maximum Gasteiger partial charge on any atom is 0.137 e. The van der Waals surface area contributed by atoms with Crippen molar-refractivity contribution in [3.8, 4) is 0 Å². The first kappa shape index (κ1) is 15.2. The molecule has 2 aromatic rings. The number of hydrogen-bond acceptors (Lipinski definition) is 1. The molecule has 1 atom stereocenters. The number of nitrogens with two attached hydrogens (primary N) is 1. The molecule has 0 amide bonds. The smallest absolute Gasteiger partial charge is 0.137 e. The van der Waals surface area contributed by atoms with Gasteiger partial charge in [-0.1, -0.05) is 35.9 Å². The van der Waals surface area contributed by atoms with Gasteiger partial charge in [0, 0.05) is 6.04 Å². The molecule has 2 rings (SSSR count). The molecule has 0 aliphatic heterocycles. The van der Waals surface area contributed by atoms with Crippen LogP contribution in [0.1, 0.15) is 23.1 Å². The highest BCUT2D eigenvalue weighted by molar-refractivity contribution is 9.10. The van der Waals surface area contributed by atoms with Crippen molar-refractivity contribution in [3.63, 3.8) is 0 Å². The number of aryl methyl sites for hydroxylation is 2. The maximum absolute atomic E-state index is 13.2. The Morgan fingerprint density at radius 2 is 1.95 bits per heavy atom. The zero-order chi connectivity index (χ0) is 14.5. The lowest BCUT2D eigenvalue weighted by molar-refractivity contribution is 0.602. The highest BCUT2D eigenvalue weighted by Gasteiger charge is 2.07. The first-order chi connectivity index (χ1) is 9.54. The van der Waals surface area contributed by atoms with Gasteiger partial charge in [-0.15, -0.1) is 0 Å². The summed E-state index contributed by atoms with van der Waals surface area (Å²) in [5.41, 5.74) is 9.83. The Morgan fingerprint density at radius 3 is 2.65 bits per heavy atom. The van der Waals surface area contributed by atoms with Crippen LogP contribution in [0, 0.1) is 12.7 Å². The van der Waals surface area contributed by atoms with Crippen LogP contribution >= 0.6 is 15.9 Å². The van der Waals surface area contributed by atoms with Crippen LogP contribution in [0.3, 0.4) is 0 Å². The van der Waals surface area contributed by atoms with E-state index in [-0.39, 0.29) is 11.9 Å². The van der Waals surface area contributed by atoms with Gasteiger partial charge in [0.25, 0.3) is 0 Å². The Hall–Kier alpha value is -1.19. The summed E-state index contributed by atoms with van der Waals surface area (Å²) >= 11 is 3.20. The molecule has 0 aliphatic carbocycles. The largest absolute Gasteiger partial charge is 0.327 e. The van der Waals surface area contributed by atoms with Gasteiger partial charge in [0.15, 0.2) is 0 Å². The van der Waals surface area contributed by atoms with Crippen LogP contribution in [0.2, 0.25) is 0 Å². The molecule has 0 aliphatic rings. The second kappa shape index (κ2) is 7.00. The number of halogens is 2. The topological polar surface area (TPSA) is 26.0 Å². The predicted molar refractivity (Wildman–Crippen MR) is 85.3 cm³/mol. The van der Waals surface area contributed by atoms with Crippen LogP contribution in [0.25, 0.3) is 0 Å². The van der Waals surface area contributed by atoms with Crippen LogP contribution in [-0.2, 0) is 12.8 Å². The Bertz CT molecular complexity index is 583. The van der Waals surface area contributed by atoms with Crippen molar-refractivity contribution in [2.24, 2.45) is 5.73 Å². The van der Waals surface area contributed by atoms with Crippen molar-refractivity contribution in [3.05, 3.63) is 69.4 Å². The highest BCUT2D eigenvalue weighted by Crippen LogP contribution is 2.18. The Balaban J connectivity index is 1.89. The number of rotatable bonds is 5. The van der Waals surface area contributed by atoms with E-state index in [9.17, 15) is 4.39 Å². The average molecular weight is 336 g/mol. The van der Waals surface area contributed by atoms with Gasteiger partial charge in [-0.25, -0.2) is 4.39 Å². The Labute approximate surface area is 128 Å². The molecule has 1 unspecified atom stereocenters. The molecule has 106 valence electrons. The quantitative estimate of drug-likeness (QED) is 0.860. The first-order valence-electron chi connectivity index (χ1n) is 6.79. The normalized spacial score (nSPS) is 12.4. The third kappa shape index (κ3) is 4.43. The highest BCUT2D eigenvalue weighted by atomic mass is 79.9. The molecule has 2 N–H and O–H groups in total. The summed E-state index contributed by atoms with van der Waals surface area (Å²) in [5.74, 6) is -0.234. The summed E-state index contributed by atoms with van der Waals surface area (Å²) in [7, 11) is 0. The lowest BCUT2D eigenvalue weighted by Crippen LogP contribution is -2.23. The van der Waals surface area contributed by atoms with E-state index in [1.165, 1.54) is 17.2 Å². The SMILES string of the molecule is Cc1cccc(CCC(N)Cc2ccc(F)c(Br)c2)c1. The van der Waals surface area contributed by atoms with Gasteiger partial charge in [0.2, 0.25) is 0 Å². The molecule has 0 saturated heterocycles. The monoisotopic (exact) mass is 335 g/mol. The third-order valence-corrected chi connectivity index (χ3v) is 3.98. The molecule has 0 saturated carbocycles. The summed E-state index contributed by atoms with van der Waals surface area (Å²) < 4.78 is 13.7. The van der Waals surface area contributed by atoms with E-state index >= 15 is 0 Å². The lowest BCUT2D eigenvalue weighted by atomic mass is 9.99. The van der Waals surface area contributed by atoms with Gasteiger partial charge in [-0.05, 0) is 65.4 Å². The van der Waals surface area contributed by atoms with Crippen LogP contribution in [-0.4, -0.2) is 6.04 Å². The van der Waals surface area contributed by atoms with E-state index in [0.717, 1.165) is 24.8 Å². The van der Waals surface area contributed by atoms with Crippen LogP contribution < -0.4 is 5.73 Å². The number of hydrogen-bond donors (Lipinski definition) is 1. The molecule has 20 heavy (non-hydrogen) atoms. The lowest BCUT2D eigenvalue weighted by Gasteiger charge is -2.12. The van der Waals surface area contributed by atoms with Gasteiger partial charge in [-0.2, -0.15) is 0 Å². The maximum atomic E-state index is 13.2. The van der Waals surface area contributed by atoms with E-state index in [2.05, 4.69) is 47.1 Å². The zero-order valence-corrected chi connectivity index (χ0v) is 13.2. The fourth-order valence-electron chi connectivity index (χ4n) is 2.29. The van der Waals surface area contributed by atoms with Gasteiger partial charge in [0.1, 0.15) is 5.82 Å². The van der Waals surface area contributed by atoms with E-state index < -0.39 is 0 Å². The summed E-state index contributed by atoms with van der Waals surface area (Å²) in [6.45, 7) is 2.10. The van der Waals surface area contributed by atoms with E-state index in [1.54, 1.807) is 6.07 Å². The Kier molecular flexibility index (Phi) is 5.32. The van der Waals surface area contributed by atoms with Crippen molar-refractivity contribution in [2.45, 2.75) is 32.2 Å². The summed E-state index contributed by atoms with van der Waals surface area (Å²) in [4.78, 5) is 0. The zero-order valence-electron chi connectivity index (χ0n) is 11.6. The van der Waals surface area contributed by atoms with Crippen molar-refractivity contribution in [2.75, 3.05) is 0 Å². The third-order valence-electron chi connectivity index (χ3n) is 3.37. The van der Waals surface area contributed by atoms with E-state index in [4.69, 9.17) is 5.73 Å². The fraction of sp³-hybridized carbons (Fsp3) is 0.294. The minimum Gasteiger partial charge on any atom is -0.327 e. The summed E-state index contributed by atoms with van der Waals surface area (Å²) in [5, 5.41) is 0. The van der Waals surface area contributed by atoms with Crippen LogP contribution in [0.15, 0.2) is 46.9 Å². The predicted octanol–water partition coefficient (Wildman–Crippen LogP) is 4.40. The van der Waals surface area contributed by atoms with Crippen molar-refractivity contribution < 1.29 is 4.39 Å². The molecule has 0 spiro atoms. The van der Waals surface area contributed by atoms with Crippen LogP contribution in [0.4, 0.5) is 4.39 Å². The second-order valence-electron chi connectivity index (χ2n) is 5.24. The first-order valence-corrected chi connectivity index (χ1v) is 7.59. The molecular weight excluding hydrogens is 317 g/mol. The summed E-state index contributed by atoms with van der Waals surface area (Å²) in [6.07, 6.45) is 2.67. The van der Waals surface area contributed by atoms with Crippen molar-refractivity contribution >= 4 is 15.9 Å². The fourth-order valence-corrected chi connectivity index (χ4v) is 2.72. The molecular formula is C17H19BrFN. The van der Waals surface area contributed by atoms with Gasteiger partial charge >= 0.3 is 0 Å². The molecule has 2 aromatic carbocycles. The van der Waals surface area contributed by atoms with E-state index in [1.807, 2.05) is 6.07 Å². The minimum absolute atomic E-state index is 0.0906. The van der Waals surface area contributed by atoms with Gasteiger partial charge in [-0.3, -0.25) is 0 Å². The van der Waals surface area contributed by atoms with Crippen molar-refractivity contribution in [1.29, 1.82) is 0 Å². The molecule has 0 heterocycles. The average Bonchev–Trinajstić information content (AvgIpc) is 2.41. The van der Waals surface area contributed by atoms with E-state index in [0.29, 0.717) is 4.47 Å². The van der Waals surface area contributed by atoms with Crippen LogP contribution in [0.5, 0.6) is 0 Å². The Morgan fingerprint density at radius 1 is 1.15 bits per heavy atom. The standard InChI is InChI=1S/C17H19BrFN/c1-12-3-2-4-13(9-12)5-7-15(20)10-14-6-8-17(19)16(18)11-14/h2-4,6,8-9,11,15H,5,7,10,20H2,1H3. The van der Waals surface area contributed by atoms with Gasteiger partial charge < -0.3 is 5.73 Å². The second-order valence-corrected chi connectivity index (χ2v) is 6.09. The van der Waals surface area contributed by atoms with Gasteiger partial charge in [0.05, 0.1) is 4.47 Å². The summed E-state index contributed by atoms with van der Waals surface area (Å²) in [6, 6.07) is 13.7. The molecule has 0 fully saturated rings.